The van der Waals surface area contributed by atoms with Gasteiger partial charge in [-0.1, -0.05) is 12.2 Å². The summed E-state index contributed by atoms with van der Waals surface area (Å²) in [5, 5.41) is 4.31. The minimum atomic E-state index is 0.949. The molecule has 0 bridgehead atoms. The summed E-state index contributed by atoms with van der Waals surface area (Å²) in [5.41, 5.74) is 2.34. The first kappa shape index (κ1) is 12.3. The third-order valence-electron chi connectivity index (χ3n) is 1.37. The van der Waals surface area contributed by atoms with Crippen LogP contribution in [0.15, 0.2) is 27.7 Å². The largest absolute Gasteiger partial charge is 0.383 e. The van der Waals surface area contributed by atoms with Crippen LogP contribution in [-0.4, -0.2) is 26.1 Å². The Hall–Kier alpha value is -0.700. The van der Waals surface area contributed by atoms with Crippen LogP contribution in [-0.2, 0) is 0 Å². The lowest BCUT2D eigenvalue weighted by Gasteiger charge is -2.08. The summed E-state index contributed by atoms with van der Waals surface area (Å²) in [4.78, 5) is 3.97. The van der Waals surface area contributed by atoms with Crippen LogP contribution in [0, 0.1) is 0 Å². The fourth-order valence-corrected chi connectivity index (χ4v) is 1.65. The highest BCUT2D eigenvalue weighted by Crippen LogP contribution is 2.17. The van der Waals surface area contributed by atoms with E-state index >= 15 is 0 Å². The zero-order chi connectivity index (χ0) is 10.3. The van der Waals surface area contributed by atoms with Gasteiger partial charge in [-0.25, -0.2) is 0 Å². The Morgan fingerprint density at radius 3 is 2.54 bits per heavy atom. The fourth-order valence-electron chi connectivity index (χ4n) is 0.831. The Labute approximate surface area is 85.2 Å². The van der Waals surface area contributed by atoms with Crippen molar-refractivity contribution in [1.29, 1.82) is 0 Å². The average molecular weight is 198 g/mol. The van der Waals surface area contributed by atoms with Gasteiger partial charge in [0.15, 0.2) is 0 Å². The molecule has 0 aliphatic carbocycles. The Kier molecular flexibility index (Phi) is 6.41. The molecular formula is C10H18N2S. The average Bonchev–Trinajstić information content (AvgIpc) is 2.05. The predicted molar refractivity (Wildman–Crippen MR) is 63.4 cm³/mol. The van der Waals surface area contributed by atoms with Gasteiger partial charge in [-0.3, -0.25) is 4.99 Å². The molecule has 13 heavy (non-hydrogen) atoms. The van der Waals surface area contributed by atoms with Crippen LogP contribution in [0.2, 0.25) is 0 Å². The van der Waals surface area contributed by atoms with Crippen molar-refractivity contribution in [3.63, 3.8) is 0 Å². The van der Waals surface area contributed by atoms with Crippen molar-refractivity contribution in [1.82, 2.24) is 5.32 Å². The molecule has 0 aliphatic heterocycles. The van der Waals surface area contributed by atoms with Crippen molar-refractivity contribution in [3.8, 4) is 0 Å². The van der Waals surface area contributed by atoms with Crippen LogP contribution in [0.1, 0.15) is 13.8 Å². The predicted octanol–water partition coefficient (Wildman–Crippen LogP) is 2.45. The van der Waals surface area contributed by atoms with Crippen LogP contribution in [0.25, 0.3) is 0 Å². The zero-order valence-corrected chi connectivity index (χ0v) is 9.66. The lowest BCUT2D eigenvalue weighted by Crippen LogP contribution is -2.06. The highest BCUT2D eigenvalue weighted by atomic mass is 32.2. The second-order valence-corrected chi connectivity index (χ2v) is 3.88. The Morgan fingerprint density at radius 2 is 2.15 bits per heavy atom. The summed E-state index contributed by atoms with van der Waals surface area (Å²) in [6.07, 6.45) is 1.86. The topological polar surface area (TPSA) is 24.4 Å². The number of hydrogen-bond acceptors (Lipinski definition) is 3. The van der Waals surface area contributed by atoms with Crippen molar-refractivity contribution in [2.24, 2.45) is 4.99 Å². The smallest absolute Gasteiger partial charge is 0.0727 e. The van der Waals surface area contributed by atoms with Gasteiger partial charge in [0.25, 0.3) is 0 Å². The van der Waals surface area contributed by atoms with E-state index in [0.29, 0.717) is 0 Å². The number of allylic oxidation sites excluding steroid dienone is 1. The highest BCUT2D eigenvalue weighted by Gasteiger charge is 1.99. The maximum Gasteiger partial charge on any atom is 0.0727 e. The number of rotatable bonds is 5. The van der Waals surface area contributed by atoms with Crippen LogP contribution < -0.4 is 5.32 Å². The van der Waals surface area contributed by atoms with Gasteiger partial charge in [0.2, 0.25) is 0 Å². The summed E-state index contributed by atoms with van der Waals surface area (Å²) in [5.74, 6) is 0.949. The molecule has 0 aliphatic rings. The monoisotopic (exact) mass is 198 g/mol. The summed E-state index contributed by atoms with van der Waals surface area (Å²) in [7, 11) is 3.70. The molecule has 0 aromatic heterocycles. The normalized spacial score (nSPS) is 12.9. The standard InChI is InChI=1S/C10H18N2S/c1-8(2)7-13-10(12-5)9(3)6-11-4/h6,12H,1,7H2,2-5H3. The molecule has 0 fully saturated rings. The molecule has 0 amide bonds. The van der Waals surface area contributed by atoms with Crippen molar-refractivity contribution in [2.45, 2.75) is 13.8 Å². The molecule has 0 saturated carbocycles. The first-order valence-electron chi connectivity index (χ1n) is 4.19. The van der Waals surface area contributed by atoms with Crippen LogP contribution in [0.4, 0.5) is 0 Å². The summed E-state index contributed by atoms with van der Waals surface area (Å²) >= 11 is 1.76. The molecule has 0 spiro atoms. The van der Waals surface area contributed by atoms with Gasteiger partial charge < -0.3 is 5.32 Å². The van der Waals surface area contributed by atoms with Crippen molar-refractivity contribution in [2.75, 3.05) is 19.8 Å². The number of hydrogen-bond donors (Lipinski definition) is 1. The van der Waals surface area contributed by atoms with Gasteiger partial charge in [0.05, 0.1) is 5.03 Å². The van der Waals surface area contributed by atoms with E-state index < -0.39 is 0 Å². The lowest BCUT2D eigenvalue weighted by atomic mass is 10.4. The van der Waals surface area contributed by atoms with E-state index in [1.165, 1.54) is 5.57 Å². The highest BCUT2D eigenvalue weighted by molar-refractivity contribution is 8.03. The van der Waals surface area contributed by atoms with Crippen molar-refractivity contribution in [3.05, 3.63) is 22.8 Å². The molecular weight excluding hydrogens is 180 g/mol. The van der Waals surface area contributed by atoms with Gasteiger partial charge in [-0.05, 0) is 19.4 Å². The lowest BCUT2D eigenvalue weighted by molar-refractivity contribution is 1.06. The third-order valence-corrected chi connectivity index (χ3v) is 2.82. The van der Waals surface area contributed by atoms with Crippen LogP contribution in [0.3, 0.4) is 0 Å². The van der Waals surface area contributed by atoms with E-state index in [-0.39, 0.29) is 0 Å². The van der Waals surface area contributed by atoms with E-state index in [1.54, 1.807) is 18.8 Å². The van der Waals surface area contributed by atoms with Gasteiger partial charge in [0.1, 0.15) is 0 Å². The van der Waals surface area contributed by atoms with Crippen LogP contribution >= 0.6 is 11.8 Å². The van der Waals surface area contributed by atoms with Gasteiger partial charge in [0, 0.05) is 26.1 Å². The van der Waals surface area contributed by atoms with Gasteiger partial charge in [-0.15, -0.1) is 11.8 Å². The molecule has 0 heterocycles. The molecule has 0 atom stereocenters. The summed E-state index contributed by atoms with van der Waals surface area (Å²) < 4.78 is 0. The minimum Gasteiger partial charge on any atom is -0.383 e. The number of thioether (sulfide) groups is 1. The van der Waals surface area contributed by atoms with Crippen molar-refractivity contribution >= 4 is 18.0 Å². The second-order valence-electron chi connectivity index (χ2n) is 2.90. The maximum atomic E-state index is 3.97. The fraction of sp³-hybridized carbons (Fsp3) is 0.500. The minimum absolute atomic E-state index is 0.949. The Morgan fingerprint density at radius 1 is 1.54 bits per heavy atom. The molecule has 0 radical (unpaired) electrons. The second kappa shape index (κ2) is 6.78. The van der Waals surface area contributed by atoms with E-state index in [2.05, 4.69) is 16.9 Å². The molecule has 2 nitrogen and oxygen atoms in total. The summed E-state index contributed by atoms with van der Waals surface area (Å²) in [6.45, 7) is 7.94. The molecule has 0 unspecified atom stereocenters. The molecule has 1 N–H and O–H groups in total. The molecule has 0 aromatic rings. The van der Waals surface area contributed by atoms with E-state index in [9.17, 15) is 0 Å². The number of nitrogens with one attached hydrogen (secondary N) is 1. The first-order chi connectivity index (χ1) is 6.11. The molecule has 3 heteroatoms. The van der Waals surface area contributed by atoms with E-state index in [1.807, 2.05) is 27.1 Å². The third kappa shape index (κ3) is 5.53. The molecule has 74 valence electrons. The maximum absolute atomic E-state index is 3.97. The van der Waals surface area contributed by atoms with Gasteiger partial charge in [-0.2, -0.15) is 0 Å². The van der Waals surface area contributed by atoms with Crippen molar-refractivity contribution < 1.29 is 0 Å². The number of nitrogens with zero attached hydrogens (tertiary/aromatic N) is 1. The zero-order valence-electron chi connectivity index (χ0n) is 8.85. The molecule has 0 aromatic carbocycles. The molecule has 0 rings (SSSR count). The Bertz CT molecular complexity index is 229. The summed E-state index contributed by atoms with van der Waals surface area (Å²) in [6, 6.07) is 0. The van der Waals surface area contributed by atoms with E-state index in [4.69, 9.17) is 0 Å². The Balaban J connectivity index is 4.31. The quantitative estimate of drug-likeness (QED) is 0.542. The van der Waals surface area contributed by atoms with E-state index in [0.717, 1.165) is 16.4 Å². The number of aliphatic imine (C=N–C) groups is 1. The van der Waals surface area contributed by atoms with Gasteiger partial charge >= 0.3 is 0 Å². The molecule has 0 saturated heterocycles. The van der Waals surface area contributed by atoms with Crippen LogP contribution in [0.5, 0.6) is 0 Å². The SMILES string of the molecule is C=C(C)CSC(NC)=C(C)C=NC. The first-order valence-corrected chi connectivity index (χ1v) is 5.18.